The van der Waals surface area contributed by atoms with Gasteiger partial charge in [-0.25, -0.2) is 0 Å². The molecule has 0 bridgehead atoms. The number of carbonyl (C=O) groups excluding carboxylic acids is 1. The number of nitrogens with zero attached hydrogens (tertiary/aromatic N) is 3. The Kier molecular flexibility index (Phi) is 6.92. The first-order valence-electron chi connectivity index (χ1n) is 9.89. The van der Waals surface area contributed by atoms with E-state index in [1.165, 1.54) is 11.8 Å². The van der Waals surface area contributed by atoms with Crippen LogP contribution < -0.4 is 10.1 Å². The average Bonchev–Trinajstić information content (AvgIpc) is 3.24. The molecule has 1 amide bonds. The Morgan fingerprint density at radius 2 is 1.75 bits per heavy atom. The zero-order valence-corrected chi connectivity index (χ0v) is 20.0. The van der Waals surface area contributed by atoms with Crippen LogP contribution in [0.15, 0.2) is 82.4 Å². The molecule has 32 heavy (non-hydrogen) atoms. The van der Waals surface area contributed by atoms with E-state index in [0.717, 1.165) is 32.7 Å². The van der Waals surface area contributed by atoms with E-state index in [1.54, 1.807) is 7.11 Å². The van der Waals surface area contributed by atoms with Crippen molar-refractivity contribution in [3.05, 3.63) is 82.8 Å². The first kappa shape index (κ1) is 22.1. The van der Waals surface area contributed by atoms with Crippen molar-refractivity contribution in [3.8, 4) is 22.8 Å². The molecular formula is C24H21BrN4O2S. The number of halogens is 1. The molecule has 0 atom stereocenters. The van der Waals surface area contributed by atoms with Gasteiger partial charge >= 0.3 is 0 Å². The zero-order chi connectivity index (χ0) is 22.5. The highest BCUT2D eigenvalue weighted by Gasteiger charge is 2.18. The highest BCUT2D eigenvalue weighted by atomic mass is 79.9. The van der Waals surface area contributed by atoms with Crippen LogP contribution in [-0.4, -0.2) is 33.5 Å². The van der Waals surface area contributed by atoms with Crippen LogP contribution in [0.1, 0.15) is 5.56 Å². The van der Waals surface area contributed by atoms with E-state index in [-0.39, 0.29) is 11.7 Å². The number of amides is 1. The minimum atomic E-state index is -0.119. The number of aromatic nitrogens is 3. The number of aryl methyl sites for hydroxylation is 1. The first-order valence-corrected chi connectivity index (χ1v) is 11.7. The van der Waals surface area contributed by atoms with Crippen LogP contribution in [0.2, 0.25) is 0 Å². The van der Waals surface area contributed by atoms with E-state index in [9.17, 15) is 4.79 Å². The van der Waals surface area contributed by atoms with Gasteiger partial charge in [0.05, 0.1) is 18.6 Å². The maximum atomic E-state index is 12.6. The summed E-state index contributed by atoms with van der Waals surface area (Å²) in [5.74, 6) is 1.55. The van der Waals surface area contributed by atoms with Crippen molar-refractivity contribution < 1.29 is 9.53 Å². The fourth-order valence-electron chi connectivity index (χ4n) is 3.10. The number of carbonyl (C=O) groups is 1. The van der Waals surface area contributed by atoms with Crippen molar-refractivity contribution in [1.29, 1.82) is 0 Å². The third kappa shape index (κ3) is 5.03. The summed E-state index contributed by atoms with van der Waals surface area (Å²) < 4.78 is 8.07. The fraction of sp³-hybridized carbons (Fsp3) is 0.125. The number of anilines is 1. The molecule has 0 unspecified atom stereocenters. The molecule has 1 aromatic heterocycles. The summed E-state index contributed by atoms with van der Waals surface area (Å²) in [4.78, 5) is 12.6. The number of hydrogen-bond acceptors (Lipinski definition) is 5. The van der Waals surface area contributed by atoms with Gasteiger partial charge in [-0.2, -0.15) is 0 Å². The lowest BCUT2D eigenvalue weighted by molar-refractivity contribution is -0.113. The van der Waals surface area contributed by atoms with E-state index in [4.69, 9.17) is 4.74 Å². The maximum absolute atomic E-state index is 12.6. The maximum Gasteiger partial charge on any atom is 0.234 e. The zero-order valence-electron chi connectivity index (χ0n) is 17.6. The summed E-state index contributed by atoms with van der Waals surface area (Å²) in [6.45, 7) is 2.04. The Balaban J connectivity index is 1.61. The second-order valence-corrected chi connectivity index (χ2v) is 8.82. The highest BCUT2D eigenvalue weighted by molar-refractivity contribution is 9.10. The van der Waals surface area contributed by atoms with Gasteiger partial charge in [0.25, 0.3) is 0 Å². The topological polar surface area (TPSA) is 69.0 Å². The number of methoxy groups -OCH3 is 1. The summed E-state index contributed by atoms with van der Waals surface area (Å²) in [6, 6.07) is 23.3. The monoisotopic (exact) mass is 508 g/mol. The molecule has 1 N–H and O–H groups in total. The molecule has 0 aliphatic rings. The molecule has 3 aromatic carbocycles. The van der Waals surface area contributed by atoms with Crippen molar-refractivity contribution >= 4 is 39.3 Å². The predicted octanol–water partition coefficient (Wildman–Crippen LogP) is 5.74. The van der Waals surface area contributed by atoms with Crippen molar-refractivity contribution in [1.82, 2.24) is 14.8 Å². The summed E-state index contributed by atoms with van der Waals surface area (Å²) in [6.07, 6.45) is 0. The number of benzene rings is 3. The molecule has 0 fully saturated rings. The highest BCUT2D eigenvalue weighted by Crippen LogP contribution is 2.29. The van der Waals surface area contributed by atoms with Gasteiger partial charge in [0.2, 0.25) is 5.91 Å². The smallest absolute Gasteiger partial charge is 0.234 e. The molecule has 162 valence electrons. The van der Waals surface area contributed by atoms with Crippen LogP contribution in [0.5, 0.6) is 5.75 Å². The molecule has 0 aliphatic carbocycles. The van der Waals surface area contributed by atoms with Gasteiger partial charge in [-0.1, -0.05) is 41.6 Å². The van der Waals surface area contributed by atoms with Gasteiger partial charge < -0.3 is 10.1 Å². The molecule has 0 aliphatic heterocycles. The standard InChI is InChI=1S/C24H21BrN4O2S/c1-16-7-11-18(12-8-16)29-23(17-9-13-19(31-2)14-10-17)27-28-24(29)32-15-22(30)26-21-6-4-3-5-20(21)25/h3-14H,15H2,1-2H3,(H,26,30). The van der Waals surface area contributed by atoms with Gasteiger partial charge in [0, 0.05) is 15.7 Å². The third-order valence-corrected chi connectivity index (χ3v) is 6.37. The lowest BCUT2D eigenvalue weighted by Gasteiger charge is -2.11. The normalized spacial score (nSPS) is 10.7. The van der Waals surface area contributed by atoms with Gasteiger partial charge in [-0.05, 0) is 71.4 Å². The fourth-order valence-corrected chi connectivity index (χ4v) is 4.23. The number of thioether (sulfide) groups is 1. The molecule has 4 rings (SSSR count). The Bertz CT molecular complexity index is 1220. The van der Waals surface area contributed by atoms with Crippen molar-refractivity contribution in [2.45, 2.75) is 12.1 Å². The van der Waals surface area contributed by atoms with E-state index < -0.39 is 0 Å². The molecular weight excluding hydrogens is 488 g/mol. The number of ether oxygens (including phenoxy) is 1. The predicted molar refractivity (Wildman–Crippen MR) is 132 cm³/mol. The summed E-state index contributed by atoms with van der Waals surface area (Å²) in [7, 11) is 1.64. The summed E-state index contributed by atoms with van der Waals surface area (Å²) >= 11 is 4.79. The van der Waals surface area contributed by atoms with Crippen LogP contribution in [0.4, 0.5) is 5.69 Å². The Morgan fingerprint density at radius 3 is 2.44 bits per heavy atom. The van der Waals surface area contributed by atoms with Gasteiger partial charge in [0.1, 0.15) is 5.75 Å². The Labute approximate surface area is 199 Å². The van der Waals surface area contributed by atoms with Gasteiger partial charge in [-0.15, -0.1) is 10.2 Å². The molecule has 8 heteroatoms. The van der Waals surface area contributed by atoms with E-state index >= 15 is 0 Å². The number of rotatable bonds is 7. The molecule has 0 saturated carbocycles. The van der Waals surface area contributed by atoms with Crippen molar-refractivity contribution in [2.75, 3.05) is 18.2 Å². The minimum Gasteiger partial charge on any atom is -0.497 e. The van der Waals surface area contributed by atoms with Crippen LogP contribution in [0.3, 0.4) is 0 Å². The molecule has 6 nitrogen and oxygen atoms in total. The van der Waals surface area contributed by atoms with E-state index in [2.05, 4.69) is 31.4 Å². The van der Waals surface area contributed by atoms with Gasteiger partial charge in [0.15, 0.2) is 11.0 Å². The first-order chi connectivity index (χ1) is 15.5. The van der Waals surface area contributed by atoms with E-state index in [1.807, 2.05) is 84.3 Å². The van der Waals surface area contributed by atoms with Crippen LogP contribution in [-0.2, 0) is 4.79 Å². The SMILES string of the molecule is COc1ccc(-c2nnc(SCC(=O)Nc3ccccc3Br)n2-c2ccc(C)cc2)cc1. The molecule has 0 spiro atoms. The van der Waals surface area contributed by atoms with E-state index in [0.29, 0.717) is 11.0 Å². The van der Waals surface area contributed by atoms with Crippen LogP contribution in [0.25, 0.3) is 17.1 Å². The van der Waals surface area contributed by atoms with Crippen LogP contribution in [0, 0.1) is 6.92 Å². The molecule has 0 saturated heterocycles. The third-order valence-electron chi connectivity index (χ3n) is 4.75. The number of para-hydroxylation sites is 1. The quantitative estimate of drug-likeness (QED) is 0.322. The second kappa shape index (κ2) is 10.0. The summed E-state index contributed by atoms with van der Waals surface area (Å²) in [5, 5.41) is 12.4. The number of nitrogens with one attached hydrogen (secondary N) is 1. The lowest BCUT2D eigenvalue weighted by Crippen LogP contribution is -2.15. The molecule has 1 heterocycles. The van der Waals surface area contributed by atoms with Crippen molar-refractivity contribution in [2.24, 2.45) is 0 Å². The lowest BCUT2D eigenvalue weighted by atomic mass is 10.2. The second-order valence-electron chi connectivity index (χ2n) is 7.02. The van der Waals surface area contributed by atoms with Crippen molar-refractivity contribution in [3.63, 3.8) is 0 Å². The largest absolute Gasteiger partial charge is 0.497 e. The summed E-state index contributed by atoms with van der Waals surface area (Å²) in [5.41, 5.74) is 3.73. The molecule has 0 radical (unpaired) electrons. The van der Waals surface area contributed by atoms with Gasteiger partial charge in [-0.3, -0.25) is 9.36 Å². The minimum absolute atomic E-state index is 0.119. The average molecular weight is 509 g/mol. The van der Waals surface area contributed by atoms with Crippen LogP contribution >= 0.6 is 27.7 Å². The molecule has 4 aromatic rings. The number of hydrogen-bond donors (Lipinski definition) is 1. The Morgan fingerprint density at radius 1 is 1.03 bits per heavy atom. The Hall–Kier alpha value is -3.10.